The molecule has 1 fully saturated rings. The molecule has 1 heterocycles. The molecule has 1 aliphatic rings. The van der Waals surface area contributed by atoms with E-state index in [1.807, 2.05) is 35.2 Å². The number of piperidine rings is 1. The number of benzene rings is 2. The largest absolute Gasteiger partial charge is 0.337 e. The fourth-order valence-electron chi connectivity index (χ4n) is 2.97. The molecule has 0 atom stereocenters. The smallest absolute Gasteiger partial charge is 0.270 e. The van der Waals surface area contributed by atoms with Gasteiger partial charge in [0.05, 0.1) is 0 Å². The Morgan fingerprint density at radius 3 is 2.38 bits per heavy atom. The molecule has 0 radical (unpaired) electrons. The summed E-state index contributed by atoms with van der Waals surface area (Å²) in [7, 11) is 0. The van der Waals surface area contributed by atoms with Crippen LogP contribution in [0.3, 0.4) is 0 Å². The van der Waals surface area contributed by atoms with Crippen LogP contribution < -0.4 is 5.32 Å². The van der Waals surface area contributed by atoms with E-state index in [4.69, 9.17) is 0 Å². The number of hydrogen-bond donors (Lipinski definition) is 1. The lowest BCUT2D eigenvalue weighted by atomic mass is 10.1. The van der Waals surface area contributed by atoms with Crippen molar-refractivity contribution >= 4 is 33.8 Å². The van der Waals surface area contributed by atoms with Crippen molar-refractivity contribution in [3.63, 3.8) is 0 Å². The molecule has 0 unspecified atom stereocenters. The van der Waals surface area contributed by atoms with Gasteiger partial charge >= 0.3 is 0 Å². The van der Waals surface area contributed by atoms with Gasteiger partial charge in [0, 0.05) is 23.1 Å². The highest BCUT2D eigenvalue weighted by Crippen LogP contribution is 2.17. The van der Waals surface area contributed by atoms with Crippen LogP contribution in [0.5, 0.6) is 0 Å². The molecule has 0 saturated carbocycles. The van der Waals surface area contributed by atoms with E-state index in [1.165, 1.54) is 0 Å². The Hall–Kier alpha value is -2.40. The van der Waals surface area contributed by atoms with Crippen LogP contribution in [0.2, 0.25) is 0 Å². The molecule has 4 nitrogen and oxygen atoms in total. The minimum Gasteiger partial charge on any atom is -0.337 e. The zero-order chi connectivity index (χ0) is 18.4. The van der Waals surface area contributed by atoms with Crippen molar-refractivity contribution in [2.75, 3.05) is 13.1 Å². The van der Waals surface area contributed by atoms with Crippen molar-refractivity contribution in [1.82, 2.24) is 10.2 Å². The van der Waals surface area contributed by atoms with Crippen LogP contribution in [-0.2, 0) is 4.79 Å². The molecule has 0 bridgehead atoms. The van der Waals surface area contributed by atoms with E-state index in [2.05, 4.69) is 21.2 Å². The van der Waals surface area contributed by atoms with Gasteiger partial charge in [-0.1, -0.05) is 46.3 Å². The molecule has 1 saturated heterocycles. The van der Waals surface area contributed by atoms with Gasteiger partial charge in [0.15, 0.2) is 0 Å². The van der Waals surface area contributed by atoms with E-state index in [0.717, 1.165) is 42.4 Å². The second-order valence-corrected chi connectivity index (χ2v) is 7.20. The van der Waals surface area contributed by atoms with Crippen molar-refractivity contribution in [1.29, 1.82) is 0 Å². The van der Waals surface area contributed by atoms with E-state index in [9.17, 15) is 9.59 Å². The average Bonchev–Trinajstić information content (AvgIpc) is 2.68. The number of carbonyl (C=O) groups is 2. The Balaban J connectivity index is 1.87. The fraction of sp³-hybridized carbons (Fsp3) is 0.238. The Kier molecular flexibility index (Phi) is 6.23. The molecule has 1 aliphatic heterocycles. The lowest BCUT2D eigenvalue weighted by molar-refractivity contribution is -0.128. The number of halogens is 1. The zero-order valence-electron chi connectivity index (χ0n) is 14.5. The summed E-state index contributed by atoms with van der Waals surface area (Å²) in [6, 6.07) is 16.6. The predicted octanol–water partition coefficient (Wildman–Crippen LogP) is 4.23. The molecular weight excluding hydrogens is 392 g/mol. The summed E-state index contributed by atoms with van der Waals surface area (Å²) in [6.07, 6.45) is 4.89. The maximum atomic E-state index is 13.0. The Labute approximate surface area is 162 Å². The summed E-state index contributed by atoms with van der Waals surface area (Å²) in [6.45, 7) is 1.46. The van der Waals surface area contributed by atoms with Gasteiger partial charge < -0.3 is 10.2 Å². The number of hydrogen-bond acceptors (Lipinski definition) is 2. The summed E-state index contributed by atoms with van der Waals surface area (Å²) < 4.78 is 0.922. The van der Waals surface area contributed by atoms with Gasteiger partial charge in [-0.3, -0.25) is 9.59 Å². The molecule has 2 aromatic carbocycles. The first-order valence-corrected chi connectivity index (χ1v) is 9.56. The third-order valence-corrected chi connectivity index (χ3v) is 4.81. The van der Waals surface area contributed by atoms with Gasteiger partial charge in [0.25, 0.3) is 11.8 Å². The van der Waals surface area contributed by atoms with Crippen LogP contribution in [0.4, 0.5) is 0 Å². The first-order valence-electron chi connectivity index (χ1n) is 8.76. The first kappa shape index (κ1) is 18.4. The highest BCUT2D eigenvalue weighted by atomic mass is 79.9. The van der Waals surface area contributed by atoms with E-state index >= 15 is 0 Å². The van der Waals surface area contributed by atoms with Crippen molar-refractivity contribution in [2.24, 2.45) is 0 Å². The SMILES string of the molecule is O=C(NC(=Cc1cccc(Br)c1)C(=O)N1CCCCC1)c1ccccc1. The topological polar surface area (TPSA) is 49.4 Å². The summed E-state index contributed by atoms with van der Waals surface area (Å²) >= 11 is 3.44. The molecule has 0 spiro atoms. The number of carbonyl (C=O) groups excluding carboxylic acids is 2. The van der Waals surface area contributed by atoms with Gasteiger partial charge in [0.1, 0.15) is 5.70 Å². The monoisotopic (exact) mass is 412 g/mol. The minimum atomic E-state index is -0.280. The average molecular weight is 413 g/mol. The van der Waals surface area contributed by atoms with Crippen LogP contribution in [0, 0.1) is 0 Å². The van der Waals surface area contributed by atoms with E-state index in [0.29, 0.717) is 11.3 Å². The third kappa shape index (κ3) is 4.82. The van der Waals surface area contributed by atoms with Gasteiger partial charge in [-0.2, -0.15) is 0 Å². The second kappa shape index (κ2) is 8.81. The summed E-state index contributed by atoms with van der Waals surface area (Å²) in [5.41, 5.74) is 1.69. The van der Waals surface area contributed by atoms with Gasteiger partial charge in [-0.05, 0) is 55.2 Å². The van der Waals surface area contributed by atoms with Crippen molar-refractivity contribution in [2.45, 2.75) is 19.3 Å². The van der Waals surface area contributed by atoms with Crippen LogP contribution in [0.25, 0.3) is 6.08 Å². The molecule has 26 heavy (non-hydrogen) atoms. The van der Waals surface area contributed by atoms with E-state index < -0.39 is 0 Å². The summed E-state index contributed by atoms with van der Waals surface area (Å²) in [5, 5.41) is 2.81. The van der Waals surface area contributed by atoms with Crippen LogP contribution >= 0.6 is 15.9 Å². The standard InChI is InChI=1S/C21H21BrN2O2/c22-18-11-7-8-16(14-18)15-19(21(26)24-12-5-2-6-13-24)23-20(25)17-9-3-1-4-10-17/h1,3-4,7-11,14-15H,2,5-6,12-13H2,(H,23,25). The molecule has 0 aromatic heterocycles. The normalized spacial score (nSPS) is 14.8. The molecule has 2 amide bonds. The highest BCUT2D eigenvalue weighted by molar-refractivity contribution is 9.10. The summed E-state index contributed by atoms with van der Waals surface area (Å²) in [4.78, 5) is 27.4. The molecule has 134 valence electrons. The van der Waals surface area contributed by atoms with E-state index in [-0.39, 0.29) is 11.8 Å². The molecule has 1 N–H and O–H groups in total. The Bertz CT molecular complexity index is 812. The minimum absolute atomic E-state index is 0.131. The van der Waals surface area contributed by atoms with Crippen LogP contribution in [0.1, 0.15) is 35.2 Å². The van der Waals surface area contributed by atoms with Crippen LogP contribution in [0.15, 0.2) is 64.8 Å². The summed E-state index contributed by atoms with van der Waals surface area (Å²) in [5.74, 6) is -0.411. The molecular formula is C21H21BrN2O2. The quantitative estimate of drug-likeness (QED) is 0.763. The van der Waals surface area contributed by atoms with Crippen molar-refractivity contribution < 1.29 is 9.59 Å². The molecule has 3 rings (SSSR count). The number of amides is 2. The number of nitrogens with zero attached hydrogens (tertiary/aromatic N) is 1. The lowest BCUT2D eigenvalue weighted by Gasteiger charge is -2.27. The third-order valence-electron chi connectivity index (χ3n) is 4.32. The van der Waals surface area contributed by atoms with Crippen molar-refractivity contribution in [3.8, 4) is 0 Å². The van der Waals surface area contributed by atoms with Crippen molar-refractivity contribution in [3.05, 3.63) is 75.9 Å². The van der Waals surface area contributed by atoms with Gasteiger partial charge in [-0.25, -0.2) is 0 Å². The predicted molar refractivity (Wildman–Crippen MR) is 106 cm³/mol. The molecule has 0 aliphatic carbocycles. The number of rotatable bonds is 4. The molecule has 2 aromatic rings. The second-order valence-electron chi connectivity index (χ2n) is 6.29. The Morgan fingerprint density at radius 2 is 1.69 bits per heavy atom. The maximum Gasteiger partial charge on any atom is 0.270 e. The van der Waals surface area contributed by atoms with Gasteiger partial charge in [-0.15, -0.1) is 0 Å². The maximum absolute atomic E-state index is 13.0. The number of nitrogens with one attached hydrogen (secondary N) is 1. The first-order chi connectivity index (χ1) is 12.6. The van der Waals surface area contributed by atoms with Gasteiger partial charge in [0.2, 0.25) is 0 Å². The lowest BCUT2D eigenvalue weighted by Crippen LogP contribution is -2.41. The van der Waals surface area contributed by atoms with E-state index in [1.54, 1.807) is 30.3 Å². The Morgan fingerprint density at radius 1 is 0.962 bits per heavy atom. The number of likely N-dealkylation sites (tertiary alicyclic amines) is 1. The highest BCUT2D eigenvalue weighted by Gasteiger charge is 2.22. The fourth-order valence-corrected chi connectivity index (χ4v) is 3.38. The zero-order valence-corrected chi connectivity index (χ0v) is 16.0. The molecule has 5 heteroatoms. The van der Waals surface area contributed by atoms with Crippen LogP contribution in [-0.4, -0.2) is 29.8 Å².